The van der Waals surface area contributed by atoms with E-state index in [0.717, 1.165) is 11.1 Å². The number of hydrogen-bond acceptors (Lipinski definition) is 3. The normalized spacial score (nSPS) is 11.8. The molecule has 1 aromatic rings. The van der Waals surface area contributed by atoms with E-state index in [1.165, 1.54) is 6.08 Å². The number of nitriles is 1. The lowest BCUT2D eigenvalue weighted by Crippen LogP contribution is -2.00. The molecule has 0 aromatic heterocycles. The number of aliphatic carboxylic acids is 1. The maximum absolute atomic E-state index is 10.9. The fraction of sp³-hybridized carbons (Fsp3) is 0.375. The van der Waals surface area contributed by atoms with Crippen LogP contribution in [0.25, 0.3) is 6.08 Å². The third-order valence-corrected chi connectivity index (χ3v) is 3.10. The SMILES string of the molecule is CC(C)c1cc(/C=C(\C#N)C(=O)O)cc(C(C)C)c1O. The van der Waals surface area contributed by atoms with Crippen molar-refractivity contribution in [2.24, 2.45) is 0 Å². The van der Waals surface area contributed by atoms with Gasteiger partial charge in [0.15, 0.2) is 0 Å². The van der Waals surface area contributed by atoms with Gasteiger partial charge in [0.2, 0.25) is 0 Å². The van der Waals surface area contributed by atoms with Gasteiger partial charge < -0.3 is 10.2 Å². The van der Waals surface area contributed by atoms with Crippen LogP contribution in [-0.4, -0.2) is 16.2 Å². The summed E-state index contributed by atoms with van der Waals surface area (Å²) in [6.45, 7) is 7.81. The highest BCUT2D eigenvalue weighted by Crippen LogP contribution is 2.35. The van der Waals surface area contributed by atoms with Gasteiger partial charge in [0.25, 0.3) is 0 Å². The third-order valence-electron chi connectivity index (χ3n) is 3.10. The van der Waals surface area contributed by atoms with E-state index < -0.39 is 5.97 Å². The lowest BCUT2D eigenvalue weighted by atomic mass is 9.91. The first-order chi connectivity index (χ1) is 9.27. The van der Waals surface area contributed by atoms with E-state index in [1.807, 2.05) is 27.7 Å². The van der Waals surface area contributed by atoms with Crippen LogP contribution in [0.1, 0.15) is 56.2 Å². The highest BCUT2D eigenvalue weighted by Gasteiger charge is 2.15. The van der Waals surface area contributed by atoms with Gasteiger partial charge in [0, 0.05) is 0 Å². The summed E-state index contributed by atoms with van der Waals surface area (Å²) in [7, 11) is 0. The fourth-order valence-electron chi connectivity index (χ4n) is 1.98. The number of rotatable bonds is 4. The van der Waals surface area contributed by atoms with Crippen molar-refractivity contribution in [3.8, 4) is 11.8 Å². The van der Waals surface area contributed by atoms with E-state index in [2.05, 4.69) is 0 Å². The van der Waals surface area contributed by atoms with Gasteiger partial charge in [-0.1, -0.05) is 27.7 Å². The first-order valence-electron chi connectivity index (χ1n) is 6.49. The average molecular weight is 273 g/mol. The van der Waals surface area contributed by atoms with Crippen LogP contribution < -0.4 is 0 Å². The molecule has 1 aromatic carbocycles. The minimum atomic E-state index is -1.25. The quantitative estimate of drug-likeness (QED) is 0.648. The van der Waals surface area contributed by atoms with Crippen LogP contribution in [-0.2, 0) is 4.79 Å². The summed E-state index contributed by atoms with van der Waals surface area (Å²) < 4.78 is 0. The molecule has 106 valence electrons. The maximum atomic E-state index is 10.9. The zero-order valence-corrected chi connectivity index (χ0v) is 12.1. The van der Waals surface area contributed by atoms with Gasteiger partial charge in [-0.25, -0.2) is 4.79 Å². The predicted molar refractivity (Wildman–Crippen MR) is 77.5 cm³/mol. The van der Waals surface area contributed by atoms with Gasteiger partial charge >= 0.3 is 5.97 Å². The number of aromatic hydroxyl groups is 1. The number of benzene rings is 1. The summed E-state index contributed by atoms with van der Waals surface area (Å²) in [4.78, 5) is 10.9. The van der Waals surface area contributed by atoms with Crippen LogP contribution in [0, 0.1) is 11.3 Å². The van der Waals surface area contributed by atoms with Crippen LogP contribution in [0.5, 0.6) is 5.75 Å². The number of carbonyl (C=O) groups is 1. The molecule has 0 saturated carbocycles. The van der Waals surface area contributed by atoms with Crippen LogP contribution >= 0.6 is 0 Å². The molecule has 1 rings (SSSR count). The molecular weight excluding hydrogens is 254 g/mol. The van der Waals surface area contributed by atoms with Gasteiger partial charge in [0.05, 0.1) is 0 Å². The van der Waals surface area contributed by atoms with Crippen molar-refractivity contribution in [2.45, 2.75) is 39.5 Å². The van der Waals surface area contributed by atoms with Crippen molar-refractivity contribution >= 4 is 12.0 Å². The van der Waals surface area contributed by atoms with E-state index in [0.29, 0.717) is 5.56 Å². The van der Waals surface area contributed by atoms with E-state index >= 15 is 0 Å². The molecule has 0 aliphatic rings. The van der Waals surface area contributed by atoms with E-state index in [-0.39, 0.29) is 23.2 Å². The molecule has 0 heterocycles. The van der Waals surface area contributed by atoms with Crippen molar-refractivity contribution in [1.29, 1.82) is 5.26 Å². The number of phenols is 1. The zero-order valence-electron chi connectivity index (χ0n) is 12.1. The van der Waals surface area contributed by atoms with Crippen molar-refractivity contribution < 1.29 is 15.0 Å². The molecule has 20 heavy (non-hydrogen) atoms. The summed E-state index contributed by atoms with van der Waals surface area (Å²) in [6, 6.07) is 5.12. The molecule has 4 nitrogen and oxygen atoms in total. The van der Waals surface area contributed by atoms with Crippen molar-refractivity contribution in [2.75, 3.05) is 0 Å². The zero-order chi connectivity index (χ0) is 15.4. The highest BCUT2D eigenvalue weighted by atomic mass is 16.4. The molecule has 0 aliphatic heterocycles. The van der Waals surface area contributed by atoms with E-state index in [4.69, 9.17) is 10.4 Å². The second kappa shape index (κ2) is 6.25. The van der Waals surface area contributed by atoms with Gasteiger partial charge in [-0.15, -0.1) is 0 Å². The number of phenolic OH excluding ortho intramolecular Hbond substituents is 1. The molecule has 0 radical (unpaired) electrons. The van der Waals surface area contributed by atoms with Crippen LogP contribution in [0.3, 0.4) is 0 Å². The van der Waals surface area contributed by atoms with Gasteiger partial charge in [0.1, 0.15) is 17.4 Å². The minimum absolute atomic E-state index is 0.108. The Morgan fingerprint density at radius 1 is 1.20 bits per heavy atom. The molecule has 4 heteroatoms. The minimum Gasteiger partial charge on any atom is -0.507 e. The highest BCUT2D eigenvalue weighted by molar-refractivity contribution is 5.96. The third kappa shape index (κ3) is 3.39. The smallest absolute Gasteiger partial charge is 0.346 e. The topological polar surface area (TPSA) is 81.3 Å². The lowest BCUT2D eigenvalue weighted by molar-refractivity contribution is -0.132. The summed E-state index contributed by atoms with van der Waals surface area (Å²) in [5.41, 5.74) is 1.81. The largest absolute Gasteiger partial charge is 0.507 e. The first kappa shape index (κ1) is 15.8. The Bertz CT molecular complexity index is 563. The predicted octanol–water partition coefficient (Wildman–Crippen LogP) is 3.63. The standard InChI is InChI=1S/C16H19NO3/c1-9(2)13-6-11(5-12(8-17)16(19)20)7-14(10(3)4)15(13)18/h5-7,9-10,18H,1-4H3,(H,19,20)/b12-5+. The molecular formula is C16H19NO3. The molecule has 2 N–H and O–H groups in total. The monoisotopic (exact) mass is 273 g/mol. The molecule has 0 amide bonds. The van der Waals surface area contributed by atoms with Gasteiger partial charge in [-0.2, -0.15) is 5.26 Å². The van der Waals surface area contributed by atoms with E-state index in [1.54, 1.807) is 18.2 Å². The molecule has 0 unspecified atom stereocenters. The Morgan fingerprint density at radius 3 is 1.95 bits per heavy atom. The Labute approximate surface area is 119 Å². The summed E-state index contributed by atoms with van der Waals surface area (Å²) in [5, 5.41) is 28.0. The number of nitrogens with zero attached hydrogens (tertiary/aromatic N) is 1. The van der Waals surface area contributed by atoms with Crippen LogP contribution in [0.2, 0.25) is 0 Å². The Morgan fingerprint density at radius 2 is 1.65 bits per heavy atom. The summed E-state index contributed by atoms with van der Waals surface area (Å²) in [6.07, 6.45) is 1.33. The van der Waals surface area contributed by atoms with Crippen LogP contribution in [0.4, 0.5) is 0 Å². The summed E-state index contributed by atoms with van der Waals surface area (Å²) in [5.74, 6) is -0.786. The van der Waals surface area contributed by atoms with E-state index in [9.17, 15) is 9.90 Å². The molecule has 0 spiro atoms. The average Bonchev–Trinajstić information content (AvgIpc) is 2.36. The number of carboxylic acid groups (broad SMARTS) is 1. The Balaban J connectivity index is 3.50. The maximum Gasteiger partial charge on any atom is 0.346 e. The fourth-order valence-corrected chi connectivity index (χ4v) is 1.98. The van der Waals surface area contributed by atoms with Crippen molar-refractivity contribution in [3.05, 3.63) is 34.4 Å². The molecule has 0 fully saturated rings. The number of hydrogen-bond donors (Lipinski definition) is 2. The summed E-state index contributed by atoms with van der Waals surface area (Å²) >= 11 is 0. The first-order valence-corrected chi connectivity index (χ1v) is 6.49. The number of carboxylic acids is 1. The van der Waals surface area contributed by atoms with Crippen molar-refractivity contribution in [3.63, 3.8) is 0 Å². The molecule has 0 atom stereocenters. The Kier molecular flexibility index (Phi) is 4.93. The van der Waals surface area contributed by atoms with Crippen molar-refractivity contribution in [1.82, 2.24) is 0 Å². The molecule has 0 bridgehead atoms. The molecule has 0 saturated heterocycles. The Hall–Kier alpha value is -2.28. The van der Waals surface area contributed by atoms with Crippen LogP contribution in [0.15, 0.2) is 17.7 Å². The second-order valence-corrected chi connectivity index (χ2v) is 5.33. The second-order valence-electron chi connectivity index (χ2n) is 5.33. The molecule has 0 aliphatic carbocycles. The van der Waals surface area contributed by atoms with Gasteiger partial charge in [-0.3, -0.25) is 0 Å². The van der Waals surface area contributed by atoms with Gasteiger partial charge in [-0.05, 0) is 46.7 Å². The lowest BCUT2D eigenvalue weighted by Gasteiger charge is -2.16.